The normalized spacial score (nSPS) is 12.9. The summed E-state index contributed by atoms with van der Waals surface area (Å²) < 4.78 is 3.34. The van der Waals surface area contributed by atoms with E-state index in [4.69, 9.17) is 0 Å². The minimum absolute atomic E-state index is 0.366. The van der Waals surface area contributed by atoms with Crippen molar-refractivity contribution in [2.45, 2.75) is 25.8 Å². The first-order chi connectivity index (χ1) is 8.63. The molecule has 2 rings (SSSR count). The summed E-state index contributed by atoms with van der Waals surface area (Å²) in [4.78, 5) is 0. The Morgan fingerprint density at radius 2 is 2.28 bits per heavy atom. The van der Waals surface area contributed by atoms with Gasteiger partial charge in [0.1, 0.15) is 0 Å². The van der Waals surface area contributed by atoms with Crippen LogP contribution in [0.1, 0.15) is 29.9 Å². The van der Waals surface area contributed by atoms with Crippen molar-refractivity contribution in [2.24, 2.45) is 7.05 Å². The van der Waals surface area contributed by atoms with Gasteiger partial charge in [-0.05, 0) is 59.1 Å². The number of likely N-dealkylation sites (N-methyl/N-ethyl adjacent to an activating group) is 1. The molecule has 0 aromatic carbocycles. The molecule has 3 nitrogen and oxygen atoms in total. The Morgan fingerprint density at radius 1 is 1.50 bits per heavy atom. The molecule has 0 fully saturated rings. The summed E-state index contributed by atoms with van der Waals surface area (Å²) in [6, 6.07) is 4.83. The molecule has 1 atom stereocenters. The van der Waals surface area contributed by atoms with E-state index in [1.165, 1.54) is 19.8 Å². The number of hydrogen-bond donors (Lipinski definition) is 1. The van der Waals surface area contributed by atoms with Gasteiger partial charge < -0.3 is 5.32 Å². The molecule has 2 aromatic heterocycles. The topological polar surface area (TPSA) is 29.9 Å². The van der Waals surface area contributed by atoms with Crippen molar-refractivity contribution in [3.63, 3.8) is 0 Å². The largest absolute Gasteiger partial charge is 0.313 e. The number of aryl methyl sites for hydroxylation is 2. The Bertz CT molecular complexity index is 518. The van der Waals surface area contributed by atoms with Crippen LogP contribution in [0.25, 0.3) is 0 Å². The maximum Gasteiger partial charge on any atom is 0.0656 e. The van der Waals surface area contributed by atoms with Gasteiger partial charge >= 0.3 is 0 Å². The van der Waals surface area contributed by atoms with Crippen LogP contribution in [-0.4, -0.2) is 16.8 Å². The zero-order chi connectivity index (χ0) is 13.1. The summed E-state index contributed by atoms with van der Waals surface area (Å²) in [5, 5.41) is 10.1. The third-order valence-corrected chi connectivity index (χ3v) is 4.95. The second-order valence-corrected chi connectivity index (χ2v) is 7.14. The number of hydrogen-bond acceptors (Lipinski definition) is 3. The predicted molar refractivity (Wildman–Crippen MR) is 85.1 cm³/mol. The number of nitrogens with one attached hydrogen (secondary N) is 1. The third kappa shape index (κ3) is 3.13. The van der Waals surface area contributed by atoms with E-state index in [-0.39, 0.29) is 0 Å². The lowest BCUT2D eigenvalue weighted by Gasteiger charge is -2.14. The first-order valence-corrected chi connectivity index (χ1v) is 8.02. The smallest absolute Gasteiger partial charge is 0.0656 e. The molecule has 2 heterocycles. The van der Waals surface area contributed by atoms with Crippen LogP contribution in [0, 0.1) is 2.88 Å². The maximum atomic E-state index is 4.51. The molecule has 18 heavy (non-hydrogen) atoms. The first kappa shape index (κ1) is 14.0. The zero-order valence-corrected chi connectivity index (χ0v) is 13.9. The van der Waals surface area contributed by atoms with Crippen LogP contribution < -0.4 is 5.32 Å². The minimum Gasteiger partial charge on any atom is -0.313 e. The van der Waals surface area contributed by atoms with Crippen LogP contribution in [0.5, 0.6) is 0 Å². The fraction of sp³-hybridized carbons (Fsp3) is 0.462. The summed E-state index contributed by atoms with van der Waals surface area (Å²) in [6.45, 7) is 2.14. The molecule has 0 saturated heterocycles. The fourth-order valence-electron chi connectivity index (χ4n) is 2.04. The van der Waals surface area contributed by atoms with E-state index in [1.807, 2.05) is 18.8 Å². The molecule has 0 bridgehead atoms. The molecule has 0 saturated carbocycles. The van der Waals surface area contributed by atoms with Crippen molar-refractivity contribution in [3.05, 3.63) is 37.3 Å². The molecule has 0 aliphatic heterocycles. The lowest BCUT2D eigenvalue weighted by Crippen LogP contribution is -2.19. The molecular formula is C13H18IN3S. The van der Waals surface area contributed by atoms with Gasteiger partial charge in [0.15, 0.2) is 0 Å². The van der Waals surface area contributed by atoms with Crippen molar-refractivity contribution in [2.75, 3.05) is 7.05 Å². The van der Waals surface area contributed by atoms with Crippen LogP contribution in [-0.2, 0) is 19.9 Å². The summed E-state index contributed by atoms with van der Waals surface area (Å²) in [7, 11) is 4.05. The molecule has 1 unspecified atom stereocenters. The van der Waals surface area contributed by atoms with E-state index >= 15 is 0 Å². The van der Waals surface area contributed by atoms with Gasteiger partial charge in [-0.1, -0.05) is 6.92 Å². The van der Waals surface area contributed by atoms with E-state index in [0.717, 1.165) is 12.8 Å². The molecule has 1 N–H and O–H groups in total. The lowest BCUT2D eigenvalue weighted by atomic mass is 10.1. The fourth-order valence-corrected chi connectivity index (χ4v) is 3.46. The molecule has 0 aliphatic carbocycles. The summed E-state index contributed by atoms with van der Waals surface area (Å²) in [5.74, 6) is 0. The van der Waals surface area contributed by atoms with Crippen molar-refractivity contribution in [3.8, 4) is 0 Å². The average Bonchev–Trinajstić information content (AvgIpc) is 2.93. The number of aromatic nitrogens is 2. The van der Waals surface area contributed by atoms with Gasteiger partial charge in [-0.25, -0.2) is 0 Å². The highest BCUT2D eigenvalue weighted by atomic mass is 127. The third-order valence-electron chi connectivity index (χ3n) is 3.14. The molecule has 0 spiro atoms. The Balaban J connectivity index is 2.17. The van der Waals surface area contributed by atoms with Crippen LogP contribution in [0.4, 0.5) is 0 Å². The van der Waals surface area contributed by atoms with Gasteiger partial charge in [0.25, 0.3) is 0 Å². The number of halogens is 1. The number of thiophene rings is 1. The van der Waals surface area contributed by atoms with Gasteiger partial charge in [-0.3, -0.25) is 4.68 Å². The van der Waals surface area contributed by atoms with Gasteiger partial charge in [0, 0.05) is 25.2 Å². The predicted octanol–water partition coefficient (Wildman–Crippen LogP) is 3.15. The SMILES string of the molecule is CCc1cc(CC(NC)c2csc(I)c2)n(C)n1. The summed E-state index contributed by atoms with van der Waals surface area (Å²) in [6.07, 6.45) is 1.97. The van der Waals surface area contributed by atoms with E-state index < -0.39 is 0 Å². The molecule has 98 valence electrons. The van der Waals surface area contributed by atoms with Gasteiger partial charge in [0.2, 0.25) is 0 Å². The van der Waals surface area contributed by atoms with Crippen LogP contribution in [0.3, 0.4) is 0 Å². The second-order valence-electron chi connectivity index (χ2n) is 4.33. The molecule has 2 aromatic rings. The minimum atomic E-state index is 0.366. The summed E-state index contributed by atoms with van der Waals surface area (Å²) >= 11 is 4.17. The van der Waals surface area contributed by atoms with Crippen LogP contribution in [0.2, 0.25) is 0 Å². The molecular weight excluding hydrogens is 357 g/mol. The zero-order valence-electron chi connectivity index (χ0n) is 10.9. The van der Waals surface area contributed by atoms with Crippen molar-refractivity contribution < 1.29 is 0 Å². The Kier molecular flexibility index (Phi) is 4.80. The quantitative estimate of drug-likeness (QED) is 0.814. The first-order valence-electron chi connectivity index (χ1n) is 6.07. The van der Waals surface area contributed by atoms with Gasteiger partial charge in [-0.15, -0.1) is 11.3 Å². The lowest BCUT2D eigenvalue weighted by molar-refractivity contribution is 0.562. The molecule has 0 amide bonds. The van der Waals surface area contributed by atoms with Gasteiger partial charge in [0.05, 0.1) is 8.58 Å². The number of rotatable bonds is 5. The van der Waals surface area contributed by atoms with E-state index in [0.29, 0.717) is 6.04 Å². The van der Waals surface area contributed by atoms with E-state index in [2.05, 4.69) is 57.4 Å². The second kappa shape index (κ2) is 6.16. The average molecular weight is 375 g/mol. The van der Waals surface area contributed by atoms with Crippen molar-refractivity contribution >= 4 is 33.9 Å². The van der Waals surface area contributed by atoms with Crippen LogP contribution >= 0.6 is 33.9 Å². The van der Waals surface area contributed by atoms with Gasteiger partial charge in [-0.2, -0.15) is 5.10 Å². The molecule has 0 aliphatic rings. The number of nitrogens with zero attached hydrogens (tertiary/aromatic N) is 2. The summed E-state index contributed by atoms with van der Waals surface area (Å²) in [5.41, 5.74) is 3.82. The van der Waals surface area contributed by atoms with Crippen LogP contribution in [0.15, 0.2) is 17.5 Å². The standard InChI is InChI=1S/C13H18IN3S/c1-4-10-6-11(17(3)16-10)7-12(15-2)9-5-13(14)18-8-9/h5-6,8,12,15H,4,7H2,1-3H3. The highest BCUT2D eigenvalue weighted by Gasteiger charge is 2.14. The highest BCUT2D eigenvalue weighted by Crippen LogP contribution is 2.25. The monoisotopic (exact) mass is 375 g/mol. The highest BCUT2D eigenvalue weighted by molar-refractivity contribution is 14.1. The molecule has 0 radical (unpaired) electrons. The van der Waals surface area contributed by atoms with E-state index in [1.54, 1.807) is 11.3 Å². The Morgan fingerprint density at radius 3 is 2.78 bits per heavy atom. The van der Waals surface area contributed by atoms with Crippen molar-refractivity contribution in [1.82, 2.24) is 15.1 Å². The van der Waals surface area contributed by atoms with E-state index in [9.17, 15) is 0 Å². The Hall–Kier alpha value is -0.400. The molecule has 5 heteroatoms. The Labute approximate surface area is 126 Å². The maximum absolute atomic E-state index is 4.51. The van der Waals surface area contributed by atoms with Crippen molar-refractivity contribution in [1.29, 1.82) is 0 Å².